The van der Waals surface area contributed by atoms with Gasteiger partial charge >= 0.3 is 6.09 Å². The summed E-state index contributed by atoms with van der Waals surface area (Å²) in [4.78, 5) is 20.8. The monoisotopic (exact) mass is 531 g/mol. The summed E-state index contributed by atoms with van der Waals surface area (Å²) in [5.74, 6) is 1.13. The number of likely N-dealkylation sites (tertiary alicyclic amines) is 1. The molecule has 6 nitrogen and oxygen atoms in total. The van der Waals surface area contributed by atoms with Crippen molar-refractivity contribution in [3.05, 3.63) is 82.5 Å². The van der Waals surface area contributed by atoms with E-state index in [-0.39, 0.29) is 6.09 Å². The number of nitrogens with zero attached hydrogens (tertiary/aromatic N) is 3. The van der Waals surface area contributed by atoms with Gasteiger partial charge in [-0.15, -0.1) is 0 Å². The van der Waals surface area contributed by atoms with Crippen LogP contribution in [0, 0.1) is 13.1 Å². The molecule has 6 heteroatoms. The quantitative estimate of drug-likeness (QED) is 0.394. The van der Waals surface area contributed by atoms with Crippen LogP contribution in [0.5, 0.6) is 0 Å². The van der Waals surface area contributed by atoms with Crippen LogP contribution in [-0.4, -0.2) is 42.8 Å². The molecular formula is C33H46N4O2. The van der Waals surface area contributed by atoms with Gasteiger partial charge in [-0.1, -0.05) is 62.4 Å². The molecule has 2 atom stereocenters. The number of rotatable bonds is 2. The number of amides is 1. The Labute approximate surface area is 237 Å². The second-order valence-electron chi connectivity index (χ2n) is 10.9. The summed E-state index contributed by atoms with van der Waals surface area (Å²) in [5.41, 5.74) is 3.63. The first-order chi connectivity index (χ1) is 19.2. The predicted molar refractivity (Wildman–Crippen MR) is 161 cm³/mol. The topological polar surface area (TPSA) is 50.3 Å². The molecule has 0 bridgehead atoms. The number of nitrogens with one attached hydrogen (secondary N) is 1. The third-order valence-electron chi connectivity index (χ3n) is 6.94. The van der Waals surface area contributed by atoms with Crippen molar-refractivity contribution in [2.45, 2.75) is 90.6 Å². The number of hydrogen-bond acceptors (Lipinski definition) is 3. The molecule has 2 heterocycles. The van der Waals surface area contributed by atoms with E-state index in [1.54, 1.807) is 6.92 Å². The van der Waals surface area contributed by atoms with Crippen LogP contribution in [0.4, 0.5) is 16.2 Å². The number of hydrogen-bond donors (Lipinski definition) is 1. The van der Waals surface area contributed by atoms with Crippen LogP contribution in [-0.2, 0) is 4.74 Å². The Bertz CT molecular complexity index is 1090. The van der Waals surface area contributed by atoms with E-state index in [0.29, 0.717) is 24.4 Å². The lowest BCUT2D eigenvalue weighted by Crippen LogP contribution is -2.37. The van der Waals surface area contributed by atoms with E-state index < -0.39 is 5.60 Å². The van der Waals surface area contributed by atoms with Gasteiger partial charge in [0.25, 0.3) is 0 Å². The van der Waals surface area contributed by atoms with Crippen LogP contribution in [0.2, 0.25) is 0 Å². The minimum absolute atomic E-state index is 0.212. The second-order valence-corrected chi connectivity index (χ2v) is 10.9. The van der Waals surface area contributed by atoms with Gasteiger partial charge in [0.1, 0.15) is 5.60 Å². The Balaban J connectivity index is 0.000000269. The summed E-state index contributed by atoms with van der Waals surface area (Å²) in [6, 6.07) is 15.9. The molecule has 1 N–H and O–H groups in total. The molecular weight excluding hydrogens is 484 g/mol. The third-order valence-corrected chi connectivity index (χ3v) is 6.94. The van der Waals surface area contributed by atoms with Crippen LogP contribution in [0.15, 0.2) is 48.5 Å². The average Bonchev–Trinajstić information content (AvgIpc) is 3.37. The maximum Gasteiger partial charge on any atom is 0.410 e. The summed E-state index contributed by atoms with van der Waals surface area (Å²) in [6.45, 7) is 25.6. The summed E-state index contributed by atoms with van der Waals surface area (Å²) in [7, 11) is 0. The Morgan fingerprint density at radius 1 is 0.872 bits per heavy atom. The van der Waals surface area contributed by atoms with Gasteiger partial charge in [0, 0.05) is 14.5 Å². The zero-order valence-electron chi connectivity index (χ0n) is 25.2. The summed E-state index contributed by atoms with van der Waals surface area (Å²) in [5, 5.41) is 3.42. The van der Waals surface area contributed by atoms with Crippen LogP contribution in [0.1, 0.15) is 97.5 Å². The Hall–Kier alpha value is -3.35. The van der Waals surface area contributed by atoms with Gasteiger partial charge in [-0.3, -0.25) is 0 Å². The van der Waals surface area contributed by atoms with Crippen LogP contribution >= 0.6 is 0 Å². The Morgan fingerprint density at radius 2 is 1.38 bits per heavy atom. The lowest BCUT2D eigenvalue weighted by molar-refractivity contribution is 0.0256. The molecule has 0 aromatic heterocycles. The van der Waals surface area contributed by atoms with Crippen molar-refractivity contribution in [3.63, 3.8) is 0 Å². The number of carbonyl (C=O) groups excluding carboxylic acids is 1. The highest BCUT2D eigenvalue weighted by Gasteiger charge is 2.25. The van der Waals surface area contributed by atoms with Gasteiger partial charge in [0.15, 0.2) is 11.4 Å². The molecule has 4 rings (SSSR count). The van der Waals surface area contributed by atoms with Gasteiger partial charge in [0.2, 0.25) is 0 Å². The Kier molecular flexibility index (Phi) is 12.8. The van der Waals surface area contributed by atoms with Crippen LogP contribution in [0.3, 0.4) is 0 Å². The lowest BCUT2D eigenvalue weighted by atomic mass is 9.92. The summed E-state index contributed by atoms with van der Waals surface area (Å²) >= 11 is 0. The number of benzene rings is 2. The van der Waals surface area contributed by atoms with Crippen LogP contribution in [0.25, 0.3) is 9.69 Å². The van der Waals surface area contributed by atoms with Crippen molar-refractivity contribution in [2.24, 2.45) is 0 Å². The van der Waals surface area contributed by atoms with Crippen molar-refractivity contribution >= 4 is 17.5 Å². The van der Waals surface area contributed by atoms with E-state index in [4.69, 9.17) is 19.3 Å². The zero-order valence-corrected chi connectivity index (χ0v) is 24.2. The second kappa shape index (κ2) is 16.6. The number of carbonyl (C=O) groups is 1. The first-order valence-electron chi connectivity index (χ1n) is 14.8. The molecule has 0 radical (unpaired) electrons. The van der Waals surface area contributed by atoms with Gasteiger partial charge in [-0.25, -0.2) is 14.5 Å². The van der Waals surface area contributed by atoms with Crippen molar-refractivity contribution in [1.29, 1.82) is 0 Å². The molecule has 1 amide bonds. The van der Waals surface area contributed by atoms with E-state index >= 15 is 0 Å². The SMILES string of the molecule is [2H]CC.[C-]#[N+]c1ccc(C2CCCN(C(=O)OC(C)(C)C)CC2)cc1.[C-]#[N+]c1ccc(C2CCCNCC2)cc1. The Morgan fingerprint density at radius 3 is 1.90 bits per heavy atom. The van der Waals surface area contributed by atoms with Gasteiger partial charge in [-0.2, -0.15) is 0 Å². The van der Waals surface area contributed by atoms with Crippen molar-refractivity contribution < 1.29 is 10.9 Å². The first kappa shape index (κ1) is 30.2. The molecule has 2 unspecified atom stereocenters. The van der Waals surface area contributed by atoms with Crippen molar-refractivity contribution in [1.82, 2.24) is 10.2 Å². The fourth-order valence-corrected chi connectivity index (χ4v) is 4.93. The highest BCUT2D eigenvalue weighted by atomic mass is 16.6. The minimum Gasteiger partial charge on any atom is -0.444 e. The largest absolute Gasteiger partial charge is 0.444 e. The lowest BCUT2D eigenvalue weighted by Gasteiger charge is -2.26. The molecule has 2 fully saturated rings. The smallest absolute Gasteiger partial charge is 0.410 e. The first-order valence-corrected chi connectivity index (χ1v) is 14.1. The van der Waals surface area contributed by atoms with Crippen molar-refractivity contribution in [2.75, 3.05) is 26.2 Å². The van der Waals surface area contributed by atoms with E-state index in [2.05, 4.69) is 27.1 Å². The third kappa shape index (κ3) is 11.1. The summed E-state index contributed by atoms with van der Waals surface area (Å²) < 4.78 is 11.7. The van der Waals surface area contributed by atoms with Gasteiger partial charge in [-0.05, 0) is 95.3 Å². The van der Waals surface area contributed by atoms with E-state index in [9.17, 15) is 4.79 Å². The standard InChI is InChI=1S/C18H24N2O2.C13H16N2.C2H6/c1-18(2,3)22-17(21)20-12-5-6-14(11-13-20)15-7-9-16(19-4)10-8-15;1-14-13-6-4-12(5-7-13)11-3-2-9-15-10-8-11;1-2/h7-10,14H,5-6,11-13H2,1-3H3;4-7,11,15H,2-3,8-10H2;1-2H3/i;;1D. The van der Waals surface area contributed by atoms with Crippen molar-refractivity contribution in [3.8, 4) is 0 Å². The highest BCUT2D eigenvalue weighted by molar-refractivity contribution is 5.68. The van der Waals surface area contributed by atoms with E-state index in [1.807, 2.05) is 62.1 Å². The normalized spacial score (nSPS) is 19.6. The van der Waals surface area contributed by atoms with Gasteiger partial charge < -0.3 is 15.0 Å². The van der Waals surface area contributed by atoms with Gasteiger partial charge in [0.05, 0.1) is 13.1 Å². The molecule has 2 saturated heterocycles. The molecule has 210 valence electrons. The number of ether oxygens (including phenoxy) is 1. The zero-order chi connectivity index (χ0) is 29.4. The molecule has 0 saturated carbocycles. The summed E-state index contributed by atoms with van der Waals surface area (Å²) in [6.07, 6.45) is 6.52. The molecule has 39 heavy (non-hydrogen) atoms. The molecule has 0 aliphatic carbocycles. The molecule has 2 aliphatic rings. The molecule has 2 aromatic carbocycles. The van der Waals surface area contributed by atoms with E-state index in [0.717, 1.165) is 51.1 Å². The maximum atomic E-state index is 12.2. The van der Waals surface area contributed by atoms with Crippen LogP contribution < -0.4 is 5.32 Å². The molecule has 2 aliphatic heterocycles. The fourth-order valence-electron chi connectivity index (χ4n) is 4.93. The fraction of sp³-hybridized carbons (Fsp3) is 0.545. The molecule has 2 aromatic rings. The predicted octanol–water partition coefficient (Wildman–Crippen LogP) is 8.86. The maximum absolute atomic E-state index is 12.2. The molecule has 0 spiro atoms. The highest BCUT2D eigenvalue weighted by Crippen LogP contribution is 2.30. The van der Waals surface area contributed by atoms with E-state index in [1.165, 1.54) is 30.4 Å². The average molecular weight is 532 g/mol. The minimum atomic E-state index is -0.446.